The maximum absolute atomic E-state index is 6.45. The average Bonchev–Trinajstić information content (AvgIpc) is 2.96. The van der Waals surface area contributed by atoms with E-state index in [-0.39, 0.29) is 5.54 Å². The van der Waals surface area contributed by atoms with Crippen molar-refractivity contribution in [1.82, 2.24) is 20.0 Å². The van der Waals surface area contributed by atoms with Crippen molar-refractivity contribution in [3.63, 3.8) is 0 Å². The van der Waals surface area contributed by atoms with Crippen LogP contribution >= 0.6 is 11.6 Å². The molecule has 2 aliphatic rings. The first kappa shape index (κ1) is 15.3. The molecule has 0 bridgehead atoms. The minimum Gasteiger partial charge on any atom is -0.308 e. The van der Waals surface area contributed by atoms with Gasteiger partial charge in [0.05, 0.1) is 16.4 Å². The number of nitrogens with one attached hydrogen (secondary N) is 1. The van der Waals surface area contributed by atoms with Gasteiger partial charge >= 0.3 is 0 Å². The van der Waals surface area contributed by atoms with Gasteiger partial charge in [-0.3, -0.25) is 9.58 Å². The van der Waals surface area contributed by atoms with E-state index >= 15 is 0 Å². The summed E-state index contributed by atoms with van der Waals surface area (Å²) in [5.41, 5.74) is 2.54. The summed E-state index contributed by atoms with van der Waals surface area (Å²) in [5, 5.41) is 9.12. The number of hydrogen-bond acceptors (Lipinski definition) is 3. The Kier molecular flexibility index (Phi) is 3.83. The van der Waals surface area contributed by atoms with Crippen molar-refractivity contribution in [3.8, 4) is 0 Å². The summed E-state index contributed by atoms with van der Waals surface area (Å²) in [7, 11) is 1.99. The second-order valence-corrected chi connectivity index (χ2v) is 7.86. The lowest BCUT2D eigenvalue weighted by atomic mass is 9.87. The third-order valence-electron chi connectivity index (χ3n) is 5.41. The van der Waals surface area contributed by atoms with Crippen LogP contribution in [0, 0.1) is 6.92 Å². The van der Waals surface area contributed by atoms with Crippen LogP contribution in [0.15, 0.2) is 0 Å². The molecule has 1 aliphatic heterocycles. The molecule has 1 saturated carbocycles. The largest absolute Gasteiger partial charge is 0.308 e. The zero-order valence-electron chi connectivity index (χ0n) is 13.7. The van der Waals surface area contributed by atoms with Gasteiger partial charge in [-0.25, -0.2) is 0 Å². The van der Waals surface area contributed by atoms with Crippen molar-refractivity contribution in [1.29, 1.82) is 0 Å². The molecule has 0 atom stereocenters. The lowest BCUT2D eigenvalue weighted by molar-refractivity contribution is 0.0200. The Morgan fingerprint density at radius 3 is 2.52 bits per heavy atom. The van der Waals surface area contributed by atoms with Crippen molar-refractivity contribution in [2.24, 2.45) is 7.05 Å². The number of aromatic nitrogens is 2. The van der Waals surface area contributed by atoms with Crippen LogP contribution in [-0.4, -0.2) is 38.8 Å². The Balaban J connectivity index is 1.84. The first-order valence-electron chi connectivity index (χ1n) is 8.01. The van der Waals surface area contributed by atoms with Gasteiger partial charge in [0.15, 0.2) is 0 Å². The molecule has 5 heteroatoms. The number of halogens is 1. The molecule has 118 valence electrons. The summed E-state index contributed by atoms with van der Waals surface area (Å²) in [6.07, 6.45) is 5.31. The molecule has 1 aromatic rings. The standard InChI is InChI=1S/C16H27ClN4/c1-12-14(17)13(20(4)19-12)9-21-11-16(7-5-6-8-16)18-10-15(21,2)3/h18H,5-11H2,1-4H3. The van der Waals surface area contributed by atoms with Gasteiger partial charge in [0.25, 0.3) is 0 Å². The number of aryl methyl sites for hydroxylation is 2. The lowest BCUT2D eigenvalue weighted by Crippen LogP contribution is -2.67. The van der Waals surface area contributed by atoms with Crippen LogP contribution < -0.4 is 5.32 Å². The predicted molar refractivity (Wildman–Crippen MR) is 86.6 cm³/mol. The number of rotatable bonds is 2. The molecule has 21 heavy (non-hydrogen) atoms. The predicted octanol–water partition coefficient (Wildman–Crippen LogP) is 2.88. The SMILES string of the molecule is Cc1nn(C)c(CN2CC3(CCCC3)NCC2(C)C)c1Cl. The van der Waals surface area contributed by atoms with E-state index in [1.54, 1.807) is 0 Å². The Bertz CT molecular complexity index is 529. The smallest absolute Gasteiger partial charge is 0.0860 e. The molecule has 1 spiro atoms. The van der Waals surface area contributed by atoms with Crippen LogP contribution in [0.5, 0.6) is 0 Å². The quantitative estimate of drug-likeness (QED) is 0.912. The molecule has 0 radical (unpaired) electrons. The molecule has 1 N–H and O–H groups in total. The maximum Gasteiger partial charge on any atom is 0.0860 e. The Morgan fingerprint density at radius 1 is 1.29 bits per heavy atom. The minimum atomic E-state index is 0.148. The van der Waals surface area contributed by atoms with Crippen molar-refractivity contribution < 1.29 is 0 Å². The number of hydrogen-bond donors (Lipinski definition) is 1. The summed E-state index contributed by atoms with van der Waals surface area (Å²) >= 11 is 6.45. The Labute approximate surface area is 132 Å². The van der Waals surface area contributed by atoms with Gasteiger partial charge in [-0.15, -0.1) is 0 Å². The van der Waals surface area contributed by atoms with Gasteiger partial charge in [-0.2, -0.15) is 5.10 Å². The first-order valence-corrected chi connectivity index (χ1v) is 8.39. The second kappa shape index (κ2) is 5.25. The zero-order valence-corrected chi connectivity index (χ0v) is 14.4. The van der Waals surface area contributed by atoms with Crippen LogP contribution in [0.2, 0.25) is 5.02 Å². The van der Waals surface area contributed by atoms with E-state index in [0.29, 0.717) is 5.54 Å². The molecule has 2 fully saturated rings. The summed E-state index contributed by atoms with van der Waals surface area (Å²) in [5.74, 6) is 0. The summed E-state index contributed by atoms with van der Waals surface area (Å²) < 4.78 is 1.94. The van der Waals surface area contributed by atoms with E-state index in [4.69, 9.17) is 11.6 Å². The van der Waals surface area contributed by atoms with E-state index in [0.717, 1.165) is 36.0 Å². The molecular weight excluding hydrogens is 284 g/mol. The third-order valence-corrected chi connectivity index (χ3v) is 5.90. The molecule has 0 amide bonds. The molecule has 4 nitrogen and oxygen atoms in total. The highest BCUT2D eigenvalue weighted by Crippen LogP contribution is 2.37. The highest BCUT2D eigenvalue weighted by Gasteiger charge is 2.44. The van der Waals surface area contributed by atoms with E-state index in [2.05, 4.69) is 29.2 Å². The van der Waals surface area contributed by atoms with Crippen molar-refractivity contribution in [3.05, 3.63) is 16.4 Å². The van der Waals surface area contributed by atoms with Crippen LogP contribution in [0.25, 0.3) is 0 Å². The summed E-state index contributed by atoms with van der Waals surface area (Å²) in [6.45, 7) is 9.65. The summed E-state index contributed by atoms with van der Waals surface area (Å²) in [6, 6.07) is 0. The maximum atomic E-state index is 6.45. The molecule has 0 aromatic carbocycles. The van der Waals surface area contributed by atoms with Crippen LogP contribution in [0.3, 0.4) is 0 Å². The summed E-state index contributed by atoms with van der Waals surface area (Å²) in [4.78, 5) is 2.59. The molecule has 3 rings (SSSR count). The fraction of sp³-hybridized carbons (Fsp3) is 0.812. The fourth-order valence-electron chi connectivity index (χ4n) is 3.84. The lowest BCUT2D eigenvalue weighted by Gasteiger charge is -2.51. The van der Waals surface area contributed by atoms with Crippen molar-refractivity contribution >= 4 is 11.6 Å². The average molecular weight is 311 g/mol. The fourth-order valence-corrected chi connectivity index (χ4v) is 4.06. The highest BCUT2D eigenvalue weighted by atomic mass is 35.5. The van der Waals surface area contributed by atoms with E-state index in [1.807, 2.05) is 18.7 Å². The van der Waals surface area contributed by atoms with Gasteiger partial charge in [-0.05, 0) is 33.6 Å². The topological polar surface area (TPSA) is 33.1 Å². The van der Waals surface area contributed by atoms with Gasteiger partial charge in [-0.1, -0.05) is 24.4 Å². The Morgan fingerprint density at radius 2 is 1.95 bits per heavy atom. The van der Waals surface area contributed by atoms with Crippen molar-refractivity contribution in [2.75, 3.05) is 13.1 Å². The molecule has 1 aliphatic carbocycles. The highest BCUT2D eigenvalue weighted by molar-refractivity contribution is 6.31. The van der Waals surface area contributed by atoms with E-state index < -0.39 is 0 Å². The second-order valence-electron chi connectivity index (χ2n) is 7.48. The number of nitrogens with zero attached hydrogens (tertiary/aromatic N) is 3. The van der Waals surface area contributed by atoms with E-state index in [1.165, 1.54) is 25.7 Å². The zero-order chi connectivity index (χ0) is 15.3. The molecule has 2 heterocycles. The number of piperazine rings is 1. The van der Waals surface area contributed by atoms with Crippen molar-refractivity contribution in [2.45, 2.75) is 64.1 Å². The first-order chi connectivity index (χ1) is 9.83. The molecule has 1 saturated heterocycles. The molecule has 1 aromatic heterocycles. The van der Waals surface area contributed by atoms with Gasteiger partial charge in [0.1, 0.15) is 0 Å². The van der Waals surface area contributed by atoms with E-state index in [9.17, 15) is 0 Å². The van der Waals surface area contributed by atoms with Crippen LogP contribution in [0.4, 0.5) is 0 Å². The monoisotopic (exact) mass is 310 g/mol. The molecule has 0 unspecified atom stereocenters. The normalized spacial score (nSPS) is 24.8. The Hall–Kier alpha value is -0.580. The third kappa shape index (κ3) is 2.73. The van der Waals surface area contributed by atoms with Gasteiger partial charge in [0, 0.05) is 37.8 Å². The molecular formula is C16H27ClN4. The van der Waals surface area contributed by atoms with Crippen LogP contribution in [-0.2, 0) is 13.6 Å². The van der Waals surface area contributed by atoms with Crippen LogP contribution in [0.1, 0.15) is 50.9 Å². The minimum absolute atomic E-state index is 0.148. The van der Waals surface area contributed by atoms with Gasteiger partial charge in [0.2, 0.25) is 0 Å². The van der Waals surface area contributed by atoms with Gasteiger partial charge < -0.3 is 5.32 Å².